The van der Waals surface area contributed by atoms with Crippen molar-refractivity contribution in [2.24, 2.45) is 0 Å². The summed E-state index contributed by atoms with van der Waals surface area (Å²) < 4.78 is 21.4. The summed E-state index contributed by atoms with van der Waals surface area (Å²) >= 11 is 0. The van der Waals surface area contributed by atoms with Crippen LogP contribution >= 0.6 is 0 Å². The standard InChI is InChI=1S/C42H40N6O10/c43-37-35(39(51)45-31(41(53)57-25-29-17-9-3-10-18-29)21-33(49)55-23-27-13-5-1-6-14-27)47-38(44)36(48-37)40(52)46-32(42(54)58-26-30-19-11-4-12-20-30)22-34(50)56-24-28-15-7-2-8-16-28/h1-20,31-32H,21-26H2,(H2,44,47)(H2,43,48)(H,45,51)(H,46,52)/t31-,32?/m1/s1. The molecular formula is C42H40N6O10. The smallest absolute Gasteiger partial charge is 0.329 e. The minimum Gasteiger partial charge on any atom is -0.461 e. The van der Waals surface area contributed by atoms with E-state index in [1.165, 1.54) is 0 Å². The van der Waals surface area contributed by atoms with Crippen LogP contribution in [0.5, 0.6) is 0 Å². The number of benzene rings is 4. The average molecular weight is 789 g/mol. The highest BCUT2D eigenvalue weighted by molar-refractivity contribution is 6.03. The van der Waals surface area contributed by atoms with E-state index in [9.17, 15) is 28.8 Å². The molecule has 0 saturated carbocycles. The van der Waals surface area contributed by atoms with E-state index in [0.717, 1.165) is 0 Å². The summed E-state index contributed by atoms with van der Waals surface area (Å²) in [6, 6.07) is 32.0. The van der Waals surface area contributed by atoms with E-state index in [0.29, 0.717) is 22.3 Å². The van der Waals surface area contributed by atoms with Crippen LogP contribution in [-0.2, 0) is 64.6 Å². The largest absolute Gasteiger partial charge is 0.461 e. The van der Waals surface area contributed by atoms with Crippen LogP contribution in [0.3, 0.4) is 0 Å². The minimum atomic E-state index is -1.56. The fourth-order valence-corrected chi connectivity index (χ4v) is 5.22. The lowest BCUT2D eigenvalue weighted by Crippen LogP contribution is -2.45. The number of carbonyl (C=O) groups is 6. The van der Waals surface area contributed by atoms with Gasteiger partial charge in [-0.3, -0.25) is 19.2 Å². The number of ether oxygens (including phenoxy) is 4. The second kappa shape index (κ2) is 20.9. The van der Waals surface area contributed by atoms with Crippen molar-refractivity contribution in [3.8, 4) is 0 Å². The molecule has 1 heterocycles. The number of nitrogens with two attached hydrogens (primary N) is 2. The zero-order chi connectivity index (χ0) is 41.3. The quantitative estimate of drug-likeness (QED) is 0.0733. The van der Waals surface area contributed by atoms with E-state index in [1.54, 1.807) is 121 Å². The third-order valence-corrected chi connectivity index (χ3v) is 8.23. The molecule has 298 valence electrons. The highest BCUT2D eigenvalue weighted by Gasteiger charge is 2.31. The fourth-order valence-electron chi connectivity index (χ4n) is 5.22. The highest BCUT2D eigenvalue weighted by Crippen LogP contribution is 2.16. The normalized spacial score (nSPS) is 11.6. The molecule has 0 aliphatic heterocycles. The van der Waals surface area contributed by atoms with Crippen molar-refractivity contribution < 1.29 is 47.7 Å². The molecule has 0 radical (unpaired) electrons. The molecule has 5 aromatic rings. The molecule has 1 unspecified atom stereocenters. The predicted octanol–water partition coefficient (Wildman–Crippen LogP) is 3.59. The Balaban J connectivity index is 1.28. The second-order valence-corrected chi connectivity index (χ2v) is 12.6. The predicted molar refractivity (Wildman–Crippen MR) is 208 cm³/mol. The van der Waals surface area contributed by atoms with Crippen LogP contribution in [0.1, 0.15) is 56.1 Å². The topological polar surface area (TPSA) is 241 Å². The van der Waals surface area contributed by atoms with Gasteiger partial charge in [0.2, 0.25) is 0 Å². The number of anilines is 2. The van der Waals surface area contributed by atoms with Gasteiger partial charge in [-0.2, -0.15) is 0 Å². The van der Waals surface area contributed by atoms with E-state index in [-0.39, 0.29) is 26.4 Å². The first kappa shape index (κ1) is 41.5. The van der Waals surface area contributed by atoms with Gasteiger partial charge in [-0.1, -0.05) is 121 Å². The minimum absolute atomic E-state index is 0.0850. The number of esters is 4. The summed E-state index contributed by atoms with van der Waals surface area (Å²) in [5.74, 6) is -6.91. The lowest BCUT2D eigenvalue weighted by atomic mass is 10.2. The Hall–Kier alpha value is -7.62. The van der Waals surface area contributed by atoms with E-state index in [1.807, 2.05) is 0 Å². The molecule has 2 amide bonds. The number of nitrogens with zero attached hydrogens (tertiary/aromatic N) is 2. The number of rotatable bonds is 18. The molecule has 0 spiro atoms. The monoisotopic (exact) mass is 788 g/mol. The number of carbonyl (C=O) groups excluding carboxylic acids is 6. The van der Waals surface area contributed by atoms with Crippen LogP contribution in [0.2, 0.25) is 0 Å². The first-order valence-electron chi connectivity index (χ1n) is 17.9. The maximum Gasteiger partial charge on any atom is 0.329 e. The van der Waals surface area contributed by atoms with Crippen molar-refractivity contribution in [3.63, 3.8) is 0 Å². The first-order chi connectivity index (χ1) is 28.0. The Bertz CT molecular complexity index is 2040. The average Bonchev–Trinajstić information content (AvgIpc) is 3.24. The fraction of sp³-hybridized carbons (Fsp3) is 0.190. The summed E-state index contributed by atoms with van der Waals surface area (Å²) in [7, 11) is 0. The lowest BCUT2D eigenvalue weighted by molar-refractivity contribution is -0.153. The number of nitrogens with one attached hydrogen (secondary N) is 2. The number of amides is 2. The Kier molecular flexibility index (Phi) is 15.0. The van der Waals surface area contributed by atoms with Gasteiger partial charge in [0.05, 0.1) is 12.8 Å². The molecule has 0 aliphatic rings. The second-order valence-electron chi connectivity index (χ2n) is 12.6. The molecule has 16 heteroatoms. The molecule has 58 heavy (non-hydrogen) atoms. The Morgan fingerprint density at radius 1 is 0.448 bits per heavy atom. The Morgan fingerprint density at radius 2 is 0.724 bits per heavy atom. The van der Waals surface area contributed by atoms with Gasteiger partial charge >= 0.3 is 23.9 Å². The Labute approximate surface area is 332 Å². The van der Waals surface area contributed by atoms with Crippen LogP contribution in [0, 0.1) is 0 Å². The zero-order valence-electron chi connectivity index (χ0n) is 31.1. The molecule has 5 rings (SSSR count). The number of hydrogen-bond donors (Lipinski definition) is 4. The SMILES string of the molecule is Nc1nc(C(=O)N[C@H](CC(=O)OCc2ccccc2)C(=O)OCc2ccccc2)c(N)nc1C(=O)NC(CC(=O)OCc1ccccc1)C(=O)OCc1ccccc1. The van der Waals surface area contributed by atoms with E-state index < -0.39 is 83.6 Å². The number of nitrogen functional groups attached to an aromatic ring is 2. The van der Waals surface area contributed by atoms with Crippen LogP contribution < -0.4 is 22.1 Å². The molecular weight excluding hydrogens is 748 g/mol. The molecule has 16 nitrogen and oxygen atoms in total. The summed E-state index contributed by atoms with van der Waals surface area (Å²) in [6.45, 7) is -0.485. The van der Waals surface area contributed by atoms with E-state index >= 15 is 0 Å². The lowest BCUT2D eigenvalue weighted by Gasteiger charge is -2.19. The Morgan fingerprint density at radius 3 is 1.02 bits per heavy atom. The third-order valence-electron chi connectivity index (χ3n) is 8.23. The van der Waals surface area contributed by atoms with Crippen LogP contribution in [0.4, 0.5) is 11.6 Å². The van der Waals surface area contributed by atoms with Gasteiger partial charge in [0.25, 0.3) is 11.8 Å². The van der Waals surface area contributed by atoms with Crippen molar-refractivity contribution >= 4 is 47.3 Å². The number of hydrogen-bond acceptors (Lipinski definition) is 14. The van der Waals surface area contributed by atoms with Crippen LogP contribution in [-0.4, -0.2) is 57.7 Å². The van der Waals surface area contributed by atoms with Gasteiger partial charge in [-0.15, -0.1) is 0 Å². The zero-order valence-corrected chi connectivity index (χ0v) is 31.1. The van der Waals surface area contributed by atoms with Crippen LogP contribution in [0.15, 0.2) is 121 Å². The van der Waals surface area contributed by atoms with Gasteiger partial charge in [0.1, 0.15) is 38.5 Å². The third kappa shape index (κ3) is 12.7. The number of aromatic nitrogens is 2. The molecule has 0 aliphatic carbocycles. The summed E-state index contributed by atoms with van der Waals surface area (Å²) in [6.07, 6.45) is -1.24. The van der Waals surface area contributed by atoms with Crippen molar-refractivity contribution in [3.05, 3.63) is 155 Å². The molecule has 4 aromatic carbocycles. The van der Waals surface area contributed by atoms with Gasteiger partial charge in [-0.25, -0.2) is 19.6 Å². The molecule has 0 saturated heterocycles. The summed E-state index contributed by atoms with van der Waals surface area (Å²) in [5.41, 5.74) is 13.7. The molecule has 0 fully saturated rings. The van der Waals surface area contributed by atoms with Crippen molar-refractivity contribution in [2.45, 2.75) is 51.4 Å². The molecule has 1 aromatic heterocycles. The van der Waals surface area contributed by atoms with Gasteiger partial charge < -0.3 is 41.0 Å². The van der Waals surface area contributed by atoms with E-state index in [2.05, 4.69) is 20.6 Å². The maximum atomic E-state index is 13.5. The van der Waals surface area contributed by atoms with E-state index in [4.69, 9.17) is 30.4 Å². The van der Waals surface area contributed by atoms with Crippen molar-refractivity contribution in [2.75, 3.05) is 11.5 Å². The molecule has 0 bridgehead atoms. The summed E-state index contributed by atoms with van der Waals surface area (Å²) in [4.78, 5) is 86.9. The van der Waals surface area contributed by atoms with Crippen molar-refractivity contribution in [1.82, 2.24) is 20.6 Å². The molecule has 6 N–H and O–H groups in total. The highest BCUT2D eigenvalue weighted by atomic mass is 16.5. The first-order valence-corrected chi connectivity index (χ1v) is 17.9. The van der Waals surface area contributed by atoms with Crippen molar-refractivity contribution in [1.29, 1.82) is 0 Å². The maximum absolute atomic E-state index is 13.5. The molecule has 2 atom stereocenters. The summed E-state index contributed by atoms with van der Waals surface area (Å²) in [5, 5.41) is 4.74. The van der Waals surface area contributed by atoms with Gasteiger partial charge in [0, 0.05) is 0 Å². The van der Waals surface area contributed by atoms with Crippen LogP contribution in [0.25, 0.3) is 0 Å². The van der Waals surface area contributed by atoms with Gasteiger partial charge in [0.15, 0.2) is 23.0 Å². The van der Waals surface area contributed by atoms with Gasteiger partial charge in [-0.05, 0) is 22.3 Å².